The highest BCUT2D eigenvalue weighted by atomic mass is 79.9. The number of nitro benzene ring substituents is 1. The molecule has 0 atom stereocenters. The predicted molar refractivity (Wildman–Crippen MR) is 89.6 cm³/mol. The molecule has 0 spiro atoms. The molecule has 0 unspecified atom stereocenters. The van der Waals surface area contributed by atoms with Gasteiger partial charge in [-0.15, -0.1) is 11.6 Å². The van der Waals surface area contributed by atoms with Crippen molar-refractivity contribution in [3.8, 4) is 11.5 Å². The molecular weight excluding hydrogens is 449 g/mol. The Morgan fingerprint density at radius 3 is 2.29 bits per heavy atom. The van der Waals surface area contributed by atoms with Gasteiger partial charge in [0.25, 0.3) is 5.69 Å². The first kappa shape index (κ1) is 16.5. The molecule has 0 fully saturated rings. The zero-order chi connectivity index (χ0) is 15.6. The minimum Gasteiger partial charge on any atom is -0.455 e. The summed E-state index contributed by atoms with van der Waals surface area (Å²) in [4.78, 5) is 10.3. The van der Waals surface area contributed by atoms with Gasteiger partial charge in [0.15, 0.2) is 5.75 Å². The van der Waals surface area contributed by atoms with E-state index in [-0.39, 0.29) is 5.69 Å². The van der Waals surface area contributed by atoms with E-state index in [0.717, 1.165) is 5.56 Å². The van der Waals surface area contributed by atoms with E-state index in [0.29, 0.717) is 31.3 Å². The number of hydrogen-bond donors (Lipinski definition) is 0. The Morgan fingerprint density at radius 1 is 1.19 bits per heavy atom. The molecular formula is C13H7Br2Cl2NO3. The summed E-state index contributed by atoms with van der Waals surface area (Å²) in [7, 11) is 0. The molecule has 2 aromatic carbocycles. The first-order chi connectivity index (χ1) is 9.92. The lowest BCUT2D eigenvalue weighted by Gasteiger charge is -2.11. The maximum absolute atomic E-state index is 10.8. The second-order valence-electron chi connectivity index (χ2n) is 3.98. The van der Waals surface area contributed by atoms with Gasteiger partial charge in [-0.1, -0.05) is 17.7 Å². The minimum absolute atomic E-state index is 0.0448. The zero-order valence-corrected chi connectivity index (χ0v) is 15.0. The third-order valence-electron chi connectivity index (χ3n) is 2.58. The first-order valence-corrected chi connectivity index (χ1v) is 8.08. The van der Waals surface area contributed by atoms with E-state index in [2.05, 4.69) is 31.9 Å². The van der Waals surface area contributed by atoms with Gasteiger partial charge in [-0.25, -0.2) is 0 Å². The molecule has 2 rings (SSSR count). The number of ether oxygens (including phenoxy) is 1. The molecule has 0 N–H and O–H groups in total. The molecule has 0 saturated heterocycles. The topological polar surface area (TPSA) is 52.4 Å². The van der Waals surface area contributed by atoms with Crippen LogP contribution in [0.1, 0.15) is 5.56 Å². The fourth-order valence-electron chi connectivity index (χ4n) is 1.57. The van der Waals surface area contributed by atoms with Gasteiger partial charge in [0.2, 0.25) is 0 Å². The van der Waals surface area contributed by atoms with Gasteiger partial charge >= 0.3 is 0 Å². The number of non-ortho nitro benzene ring substituents is 1. The number of rotatable bonds is 4. The molecule has 0 aliphatic rings. The van der Waals surface area contributed by atoms with E-state index in [1.54, 1.807) is 18.2 Å². The Labute approximate surface area is 147 Å². The van der Waals surface area contributed by atoms with Gasteiger partial charge in [-0.05, 0) is 49.6 Å². The number of alkyl halides is 1. The maximum atomic E-state index is 10.8. The highest BCUT2D eigenvalue weighted by Crippen LogP contribution is 2.40. The summed E-state index contributed by atoms with van der Waals surface area (Å²) in [5.74, 6) is 1.24. The summed E-state index contributed by atoms with van der Waals surface area (Å²) in [6.45, 7) is 0. The van der Waals surface area contributed by atoms with Crippen molar-refractivity contribution in [2.75, 3.05) is 0 Å². The highest BCUT2D eigenvalue weighted by Gasteiger charge is 2.16. The van der Waals surface area contributed by atoms with Crippen LogP contribution in [0.15, 0.2) is 39.3 Å². The Balaban J connectivity index is 2.35. The quantitative estimate of drug-likeness (QED) is 0.308. The monoisotopic (exact) mass is 453 g/mol. The average molecular weight is 456 g/mol. The van der Waals surface area contributed by atoms with Crippen molar-refractivity contribution >= 4 is 60.7 Å². The molecule has 0 heterocycles. The molecule has 0 aromatic heterocycles. The van der Waals surface area contributed by atoms with Crippen molar-refractivity contribution in [3.63, 3.8) is 0 Å². The Morgan fingerprint density at radius 2 is 1.81 bits per heavy atom. The van der Waals surface area contributed by atoms with Crippen LogP contribution in [0.4, 0.5) is 5.69 Å². The van der Waals surface area contributed by atoms with Crippen molar-refractivity contribution in [1.29, 1.82) is 0 Å². The van der Waals surface area contributed by atoms with Gasteiger partial charge in [0.05, 0.1) is 13.9 Å². The summed E-state index contributed by atoms with van der Waals surface area (Å²) in [6, 6.07) is 7.87. The van der Waals surface area contributed by atoms with Crippen LogP contribution in [0.25, 0.3) is 0 Å². The van der Waals surface area contributed by atoms with Gasteiger partial charge in [0, 0.05) is 23.0 Å². The number of halogens is 4. The molecule has 0 saturated carbocycles. The lowest BCUT2D eigenvalue weighted by Crippen LogP contribution is -1.92. The van der Waals surface area contributed by atoms with Gasteiger partial charge in [-0.2, -0.15) is 0 Å². The van der Waals surface area contributed by atoms with Gasteiger partial charge < -0.3 is 4.74 Å². The van der Waals surface area contributed by atoms with Crippen LogP contribution < -0.4 is 4.74 Å². The third kappa shape index (κ3) is 3.88. The van der Waals surface area contributed by atoms with E-state index in [1.165, 1.54) is 12.1 Å². The molecule has 0 amide bonds. The van der Waals surface area contributed by atoms with Crippen LogP contribution in [0, 0.1) is 10.1 Å². The molecule has 110 valence electrons. The lowest BCUT2D eigenvalue weighted by molar-refractivity contribution is -0.385. The van der Waals surface area contributed by atoms with Crippen molar-refractivity contribution < 1.29 is 9.66 Å². The SMILES string of the molecule is O=[N+]([O-])c1cc(Br)c(Oc2ccc(CCl)c(Cl)c2)c(Br)c1. The second-order valence-corrected chi connectivity index (χ2v) is 6.37. The number of benzene rings is 2. The summed E-state index contributed by atoms with van der Waals surface area (Å²) in [6.07, 6.45) is 0. The molecule has 8 heteroatoms. The molecule has 2 aromatic rings. The highest BCUT2D eigenvalue weighted by molar-refractivity contribution is 9.11. The first-order valence-electron chi connectivity index (χ1n) is 5.58. The average Bonchev–Trinajstić information content (AvgIpc) is 2.42. The van der Waals surface area contributed by atoms with Crippen LogP contribution in [-0.2, 0) is 5.88 Å². The maximum Gasteiger partial charge on any atom is 0.271 e. The normalized spacial score (nSPS) is 10.5. The number of nitrogens with zero attached hydrogens (tertiary/aromatic N) is 1. The lowest BCUT2D eigenvalue weighted by atomic mass is 10.2. The minimum atomic E-state index is -0.481. The van der Waals surface area contributed by atoms with Crippen LogP contribution in [0.2, 0.25) is 5.02 Å². The largest absolute Gasteiger partial charge is 0.455 e. The molecule has 0 radical (unpaired) electrons. The second kappa shape index (κ2) is 6.96. The van der Waals surface area contributed by atoms with Crippen LogP contribution in [0.5, 0.6) is 11.5 Å². The molecule has 0 aliphatic carbocycles. The van der Waals surface area contributed by atoms with Crippen molar-refractivity contribution in [2.45, 2.75) is 5.88 Å². The van der Waals surface area contributed by atoms with E-state index < -0.39 is 4.92 Å². The summed E-state index contributed by atoms with van der Waals surface area (Å²) in [5, 5.41) is 11.3. The van der Waals surface area contributed by atoms with E-state index >= 15 is 0 Å². The molecule has 4 nitrogen and oxygen atoms in total. The Kier molecular flexibility index (Phi) is 5.48. The summed E-state index contributed by atoms with van der Waals surface area (Å²) >= 11 is 18.3. The Hall–Kier alpha value is -0.820. The number of nitro groups is 1. The molecule has 21 heavy (non-hydrogen) atoms. The molecule has 0 bridgehead atoms. The predicted octanol–water partition coefficient (Wildman–Crippen LogP) is 6.30. The van der Waals surface area contributed by atoms with E-state index in [1.807, 2.05) is 0 Å². The zero-order valence-electron chi connectivity index (χ0n) is 10.3. The van der Waals surface area contributed by atoms with Crippen molar-refractivity contribution in [2.24, 2.45) is 0 Å². The van der Waals surface area contributed by atoms with Crippen molar-refractivity contribution in [3.05, 3.63) is 60.0 Å². The summed E-state index contributed by atoms with van der Waals surface area (Å²) < 4.78 is 6.63. The van der Waals surface area contributed by atoms with E-state index in [4.69, 9.17) is 27.9 Å². The summed E-state index contributed by atoms with van der Waals surface area (Å²) in [5.41, 5.74) is 0.754. The van der Waals surface area contributed by atoms with Crippen LogP contribution >= 0.6 is 55.1 Å². The van der Waals surface area contributed by atoms with Gasteiger partial charge in [-0.3, -0.25) is 10.1 Å². The fourth-order valence-corrected chi connectivity index (χ4v) is 3.43. The third-order valence-corrected chi connectivity index (χ3v) is 4.40. The molecule has 0 aliphatic heterocycles. The van der Waals surface area contributed by atoms with Crippen molar-refractivity contribution in [1.82, 2.24) is 0 Å². The number of hydrogen-bond acceptors (Lipinski definition) is 3. The van der Waals surface area contributed by atoms with Crippen LogP contribution in [-0.4, -0.2) is 4.92 Å². The van der Waals surface area contributed by atoms with E-state index in [9.17, 15) is 10.1 Å². The van der Waals surface area contributed by atoms with Gasteiger partial charge in [0.1, 0.15) is 5.75 Å². The smallest absolute Gasteiger partial charge is 0.271 e. The fraction of sp³-hybridized carbons (Fsp3) is 0.0769. The van der Waals surface area contributed by atoms with Crippen LogP contribution in [0.3, 0.4) is 0 Å². The standard InChI is InChI=1S/C13H7Br2Cl2NO3/c14-10-3-8(18(19)20)4-11(15)13(10)21-9-2-1-7(6-16)12(17)5-9/h1-5H,6H2. The Bertz CT molecular complexity index is 687.